The van der Waals surface area contributed by atoms with Crippen molar-refractivity contribution in [3.8, 4) is 22.8 Å². The molecule has 0 spiro atoms. The Bertz CT molecular complexity index is 2320. The summed E-state index contributed by atoms with van der Waals surface area (Å²) in [7, 11) is 0. The minimum atomic E-state index is -1.41. The molecule has 0 saturated heterocycles. The molecule has 0 radical (unpaired) electrons. The molecular weight excluding hydrogens is 676 g/mol. The Morgan fingerprint density at radius 1 is 0.623 bits per heavy atom. The number of carbonyl (C=O) groups excluding carboxylic acids is 3. The number of benzene rings is 4. The van der Waals surface area contributed by atoms with Crippen molar-refractivity contribution in [2.75, 3.05) is 17.5 Å². The van der Waals surface area contributed by atoms with Crippen molar-refractivity contribution >= 4 is 63.3 Å². The Labute approximate surface area is 304 Å². The number of carbonyl (C=O) groups is 3. The van der Waals surface area contributed by atoms with E-state index in [4.69, 9.17) is 34.1 Å². The van der Waals surface area contributed by atoms with Crippen molar-refractivity contribution < 1.29 is 28.6 Å². The standard InChI is InChI=1S/C39H34N8O6/c1-24(48)51-23-34(52-25(2)49)35(53-26(3)50)33(45-47-39-30-19-11-13-21-32(30)42-37(44-39)28-16-8-5-9-17-28)22-40-46-38-29-18-10-12-20-31(29)41-36(43-38)27-14-6-4-7-15-27/h4-22,34-35H,23H2,1-3H3,(H,41,43,46)(H,42,44,47)/b40-22+,45-33-/t34-,35+/m1/s1. The van der Waals surface area contributed by atoms with E-state index in [0.29, 0.717) is 45.1 Å². The number of hydrazone groups is 2. The first kappa shape index (κ1) is 35.7. The number of rotatable bonds is 13. The van der Waals surface area contributed by atoms with E-state index >= 15 is 0 Å². The maximum Gasteiger partial charge on any atom is 0.303 e. The fourth-order valence-corrected chi connectivity index (χ4v) is 5.30. The molecule has 2 atom stereocenters. The summed E-state index contributed by atoms with van der Waals surface area (Å²) in [6.45, 7) is 3.12. The van der Waals surface area contributed by atoms with Crippen LogP contribution in [0.3, 0.4) is 0 Å². The number of nitrogens with zero attached hydrogens (tertiary/aromatic N) is 6. The lowest BCUT2D eigenvalue weighted by atomic mass is 10.1. The van der Waals surface area contributed by atoms with Gasteiger partial charge in [0.2, 0.25) is 0 Å². The normalized spacial score (nSPS) is 12.6. The highest BCUT2D eigenvalue weighted by atomic mass is 16.6. The number of fused-ring (bicyclic) bond motifs is 2. The summed E-state index contributed by atoms with van der Waals surface area (Å²) >= 11 is 0. The smallest absolute Gasteiger partial charge is 0.303 e. The molecule has 4 aromatic carbocycles. The molecule has 6 aromatic rings. The second-order valence-electron chi connectivity index (χ2n) is 11.6. The molecule has 2 heterocycles. The minimum Gasteiger partial charge on any atom is -0.462 e. The summed E-state index contributed by atoms with van der Waals surface area (Å²) < 4.78 is 16.4. The molecule has 2 N–H and O–H groups in total. The second kappa shape index (κ2) is 16.7. The van der Waals surface area contributed by atoms with E-state index in [1.165, 1.54) is 27.0 Å². The SMILES string of the molecule is CC(=O)OC[C@@H](OC(C)=O)[C@@H](OC(C)=O)C(/C=N/Nc1nc(-c2ccccc2)nc2ccccc12)=N\Nc1nc(-c2ccccc2)nc2ccccc12. The van der Waals surface area contributed by atoms with Gasteiger partial charge in [0.25, 0.3) is 0 Å². The van der Waals surface area contributed by atoms with E-state index in [1.807, 2.05) is 109 Å². The average Bonchev–Trinajstić information content (AvgIpc) is 3.17. The third-order valence-corrected chi connectivity index (χ3v) is 7.62. The summed E-state index contributed by atoms with van der Waals surface area (Å²) in [5.74, 6) is -0.457. The molecule has 14 heteroatoms. The van der Waals surface area contributed by atoms with E-state index < -0.39 is 36.7 Å². The van der Waals surface area contributed by atoms with Crippen molar-refractivity contribution in [1.82, 2.24) is 19.9 Å². The van der Waals surface area contributed by atoms with Crippen LogP contribution in [0, 0.1) is 0 Å². The predicted molar refractivity (Wildman–Crippen MR) is 201 cm³/mol. The van der Waals surface area contributed by atoms with Gasteiger partial charge in [-0.3, -0.25) is 25.2 Å². The van der Waals surface area contributed by atoms with Gasteiger partial charge in [-0.15, -0.1) is 0 Å². The molecule has 14 nitrogen and oxygen atoms in total. The van der Waals surface area contributed by atoms with E-state index in [1.54, 1.807) is 0 Å². The lowest BCUT2D eigenvalue weighted by molar-refractivity contribution is -0.167. The van der Waals surface area contributed by atoms with Gasteiger partial charge in [-0.1, -0.05) is 84.9 Å². The van der Waals surface area contributed by atoms with Gasteiger partial charge in [0.15, 0.2) is 35.5 Å². The molecule has 0 saturated carbocycles. The van der Waals surface area contributed by atoms with Crippen LogP contribution >= 0.6 is 0 Å². The highest BCUT2D eigenvalue weighted by Gasteiger charge is 2.33. The Kier molecular flexibility index (Phi) is 11.3. The monoisotopic (exact) mass is 710 g/mol. The zero-order chi connectivity index (χ0) is 37.2. The number of para-hydroxylation sites is 2. The molecule has 2 aromatic heterocycles. The number of hydrogen-bond acceptors (Lipinski definition) is 14. The lowest BCUT2D eigenvalue weighted by Gasteiger charge is -2.25. The van der Waals surface area contributed by atoms with Crippen LogP contribution in [-0.2, 0) is 28.6 Å². The van der Waals surface area contributed by atoms with Gasteiger partial charge in [0.05, 0.1) is 17.2 Å². The molecule has 0 aliphatic carbocycles. The maximum atomic E-state index is 12.5. The van der Waals surface area contributed by atoms with Crippen LogP contribution in [0.25, 0.3) is 44.6 Å². The van der Waals surface area contributed by atoms with Gasteiger partial charge >= 0.3 is 17.9 Å². The van der Waals surface area contributed by atoms with E-state index in [-0.39, 0.29) is 5.71 Å². The van der Waals surface area contributed by atoms with Crippen LogP contribution in [0.1, 0.15) is 20.8 Å². The largest absolute Gasteiger partial charge is 0.462 e. The van der Waals surface area contributed by atoms with Crippen LogP contribution in [0.4, 0.5) is 11.6 Å². The minimum absolute atomic E-state index is 0.0308. The molecule has 0 unspecified atom stereocenters. The zero-order valence-corrected chi connectivity index (χ0v) is 29.0. The molecule has 0 bridgehead atoms. The van der Waals surface area contributed by atoms with Gasteiger partial charge in [0, 0.05) is 42.7 Å². The molecule has 266 valence electrons. The molecule has 53 heavy (non-hydrogen) atoms. The molecule has 0 fully saturated rings. The number of nitrogens with one attached hydrogen (secondary N) is 2. The summed E-state index contributed by atoms with van der Waals surface area (Å²) in [5.41, 5.74) is 8.82. The van der Waals surface area contributed by atoms with Crippen molar-refractivity contribution in [1.29, 1.82) is 0 Å². The fourth-order valence-electron chi connectivity index (χ4n) is 5.30. The summed E-state index contributed by atoms with van der Waals surface area (Å²) in [5, 5.41) is 10.4. The molecule has 0 aliphatic heterocycles. The number of aromatic nitrogens is 4. The molecule has 0 amide bonds. The van der Waals surface area contributed by atoms with Crippen LogP contribution < -0.4 is 10.9 Å². The molecule has 6 rings (SSSR count). The van der Waals surface area contributed by atoms with E-state index in [9.17, 15) is 14.4 Å². The topological polar surface area (TPSA) is 179 Å². The van der Waals surface area contributed by atoms with Crippen LogP contribution in [-0.4, -0.2) is 68.6 Å². The van der Waals surface area contributed by atoms with Crippen LogP contribution in [0.15, 0.2) is 119 Å². The van der Waals surface area contributed by atoms with Crippen molar-refractivity contribution in [2.24, 2.45) is 10.2 Å². The third kappa shape index (κ3) is 9.18. The Hall–Kier alpha value is -7.09. The first-order valence-corrected chi connectivity index (χ1v) is 16.5. The first-order chi connectivity index (χ1) is 25.7. The Morgan fingerprint density at radius 3 is 1.62 bits per heavy atom. The summed E-state index contributed by atoms with van der Waals surface area (Å²) in [6.07, 6.45) is -1.43. The summed E-state index contributed by atoms with van der Waals surface area (Å²) in [4.78, 5) is 55.5. The number of hydrogen-bond donors (Lipinski definition) is 2. The van der Waals surface area contributed by atoms with Gasteiger partial charge in [-0.05, 0) is 24.3 Å². The fraction of sp³-hybridized carbons (Fsp3) is 0.154. The van der Waals surface area contributed by atoms with Crippen molar-refractivity contribution in [3.05, 3.63) is 109 Å². The van der Waals surface area contributed by atoms with Crippen molar-refractivity contribution in [2.45, 2.75) is 33.0 Å². The third-order valence-electron chi connectivity index (χ3n) is 7.62. The average molecular weight is 711 g/mol. The van der Waals surface area contributed by atoms with E-state index in [0.717, 1.165) is 11.1 Å². The Morgan fingerprint density at radius 2 is 1.11 bits per heavy atom. The maximum absolute atomic E-state index is 12.5. The number of anilines is 2. The van der Waals surface area contributed by atoms with Gasteiger partial charge in [-0.25, -0.2) is 19.9 Å². The molecule has 0 aliphatic rings. The van der Waals surface area contributed by atoms with E-state index in [2.05, 4.69) is 21.1 Å². The first-order valence-electron chi connectivity index (χ1n) is 16.5. The highest BCUT2D eigenvalue weighted by Crippen LogP contribution is 2.26. The Balaban J connectivity index is 1.44. The van der Waals surface area contributed by atoms with Gasteiger partial charge < -0.3 is 14.2 Å². The van der Waals surface area contributed by atoms with Crippen LogP contribution in [0.2, 0.25) is 0 Å². The molecular formula is C39H34N8O6. The highest BCUT2D eigenvalue weighted by molar-refractivity contribution is 6.33. The zero-order valence-electron chi connectivity index (χ0n) is 29.0. The predicted octanol–water partition coefficient (Wildman–Crippen LogP) is 6.20. The van der Waals surface area contributed by atoms with Crippen molar-refractivity contribution in [3.63, 3.8) is 0 Å². The quantitative estimate of drug-likeness (QED) is 0.0601. The van der Waals surface area contributed by atoms with Gasteiger partial charge in [0.1, 0.15) is 12.3 Å². The van der Waals surface area contributed by atoms with Gasteiger partial charge in [-0.2, -0.15) is 10.2 Å². The lowest BCUT2D eigenvalue weighted by Crippen LogP contribution is -2.44. The van der Waals surface area contributed by atoms with Crippen LogP contribution in [0.5, 0.6) is 0 Å². The summed E-state index contributed by atoms with van der Waals surface area (Å²) in [6, 6.07) is 33.7. The number of ether oxygens (including phenoxy) is 3. The second-order valence-corrected chi connectivity index (χ2v) is 11.6. The number of esters is 3.